The highest BCUT2D eigenvalue weighted by Crippen LogP contribution is 2.46. The zero-order valence-electron chi connectivity index (χ0n) is 22.7. The van der Waals surface area contributed by atoms with Crippen molar-refractivity contribution in [3.63, 3.8) is 0 Å². The number of aromatic nitrogens is 1. The highest BCUT2D eigenvalue weighted by Gasteiger charge is 2.49. The molecule has 3 N–H and O–H groups in total. The number of fused-ring (bicyclic) bond motifs is 7. The van der Waals surface area contributed by atoms with E-state index in [1.165, 1.54) is 12.1 Å². The van der Waals surface area contributed by atoms with Crippen LogP contribution in [0.4, 0.5) is 4.39 Å². The van der Waals surface area contributed by atoms with E-state index in [1.54, 1.807) is 17.0 Å². The number of carbonyl (C=O) groups is 3. The average molecular weight is 573 g/mol. The molecule has 0 saturated carbocycles. The minimum absolute atomic E-state index is 0.114. The third-order valence-electron chi connectivity index (χ3n) is 8.45. The zero-order chi connectivity index (χ0) is 28.8. The van der Waals surface area contributed by atoms with Crippen molar-refractivity contribution >= 4 is 40.2 Å². The summed E-state index contributed by atoms with van der Waals surface area (Å²) < 4.78 is 14.3. The van der Waals surface area contributed by atoms with Crippen LogP contribution in [-0.2, 0) is 22.6 Å². The van der Waals surface area contributed by atoms with E-state index in [-0.39, 0.29) is 29.0 Å². The van der Waals surface area contributed by atoms with Crippen LogP contribution in [0.5, 0.6) is 0 Å². The Morgan fingerprint density at radius 2 is 1.85 bits per heavy atom. The van der Waals surface area contributed by atoms with Crippen LogP contribution >= 0.6 is 11.6 Å². The number of para-hydroxylation sites is 1. The van der Waals surface area contributed by atoms with Gasteiger partial charge in [0.05, 0.1) is 6.04 Å². The molecule has 0 saturated heterocycles. The third kappa shape index (κ3) is 4.56. The lowest BCUT2D eigenvalue weighted by Gasteiger charge is -2.38. The maximum Gasteiger partial charge on any atom is 0.255 e. The first-order valence-corrected chi connectivity index (χ1v) is 14.2. The van der Waals surface area contributed by atoms with E-state index in [1.807, 2.05) is 56.3 Å². The minimum Gasteiger partial charge on any atom is -0.356 e. The van der Waals surface area contributed by atoms with E-state index in [0.29, 0.717) is 18.4 Å². The summed E-state index contributed by atoms with van der Waals surface area (Å²) in [6.07, 6.45) is 0.924. The van der Waals surface area contributed by atoms with Gasteiger partial charge < -0.3 is 20.5 Å². The monoisotopic (exact) mass is 572 g/mol. The molecule has 6 rings (SSSR count). The molecule has 3 heterocycles. The van der Waals surface area contributed by atoms with Gasteiger partial charge in [-0.15, -0.1) is 0 Å². The first kappa shape index (κ1) is 27.0. The average Bonchev–Trinajstić information content (AvgIpc) is 3.50. The van der Waals surface area contributed by atoms with E-state index in [0.717, 1.165) is 27.7 Å². The number of halogens is 2. The Morgan fingerprint density at radius 3 is 2.63 bits per heavy atom. The normalized spacial score (nSPS) is 18.8. The van der Waals surface area contributed by atoms with E-state index < -0.39 is 35.8 Å². The number of aromatic amines is 1. The van der Waals surface area contributed by atoms with Gasteiger partial charge in [0.1, 0.15) is 17.9 Å². The van der Waals surface area contributed by atoms with Crippen molar-refractivity contribution in [1.82, 2.24) is 20.5 Å². The van der Waals surface area contributed by atoms with Crippen molar-refractivity contribution in [2.24, 2.45) is 5.92 Å². The van der Waals surface area contributed by atoms with Gasteiger partial charge in [-0.3, -0.25) is 14.4 Å². The van der Waals surface area contributed by atoms with Crippen molar-refractivity contribution in [2.75, 3.05) is 0 Å². The highest BCUT2D eigenvalue weighted by atomic mass is 35.5. The summed E-state index contributed by atoms with van der Waals surface area (Å²) in [6, 6.07) is 17.5. The fraction of sp³-hybridized carbons (Fsp3) is 0.281. The van der Waals surface area contributed by atoms with E-state index in [4.69, 9.17) is 11.6 Å². The zero-order valence-corrected chi connectivity index (χ0v) is 23.5. The van der Waals surface area contributed by atoms with Gasteiger partial charge in [0.2, 0.25) is 11.8 Å². The van der Waals surface area contributed by atoms with Crippen molar-refractivity contribution < 1.29 is 18.8 Å². The molecule has 3 aromatic carbocycles. The van der Waals surface area contributed by atoms with Crippen LogP contribution in [-0.4, -0.2) is 39.7 Å². The number of H-pyrrole nitrogens is 1. The molecule has 9 heteroatoms. The van der Waals surface area contributed by atoms with Crippen LogP contribution in [0, 0.1) is 11.7 Å². The smallest absolute Gasteiger partial charge is 0.255 e. The van der Waals surface area contributed by atoms with E-state index in [9.17, 15) is 18.8 Å². The lowest BCUT2D eigenvalue weighted by atomic mass is 9.89. The molecule has 0 aliphatic carbocycles. The Labute approximate surface area is 242 Å². The summed E-state index contributed by atoms with van der Waals surface area (Å²) in [4.78, 5) is 46.3. The SMILES string of the molecule is CC[C@H](C)[C@H](NC(=O)[C@@H]1Cc2c([nH]c3ccccc23)[C@H]2c3ccccc3C(=O)N21)C(=O)NCc1c(F)cccc1Cl. The molecule has 2 aliphatic heterocycles. The second-order valence-corrected chi connectivity index (χ2v) is 11.2. The molecule has 3 amide bonds. The third-order valence-corrected chi connectivity index (χ3v) is 8.80. The molecular formula is C32H30ClFN4O3. The van der Waals surface area contributed by atoms with E-state index in [2.05, 4.69) is 15.6 Å². The molecule has 4 aromatic rings. The summed E-state index contributed by atoms with van der Waals surface area (Å²) in [5.41, 5.74) is 4.44. The number of nitrogens with zero attached hydrogens (tertiary/aromatic N) is 1. The molecule has 0 spiro atoms. The second kappa shape index (κ2) is 10.7. The van der Waals surface area contributed by atoms with Gasteiger partial charge in [0.15, 0.2) is 0 Å². The number of hydrogen-bond acceptors (Lipinski definition) is 3. The summed E-state index contributed by atoms with van der Waals surface area (Å²) in [6.45, 7) is 3.69. The number of hydrogen-bond donors (Lipinski definition) is 3. The summed E-state index contributed by atoms with van der Waals surface area (Å²) in [7, 11) is 0. The molecule has 7 nitrogen and oxygen atoms in total. The molecule has 2 aliphatic rings. The van der Waals surface area contributed by atoms with Crippen molar-refractivity contribution in [3.8, 4) is 0 Å². The molecule has 0 radical (unpaired) electrons. The van der Waals surface area contributed by atoms with Gasteiger partial charge in [-0.25, -0.2) is 4.39 Å². The predicted molar refractivity (Wildman–Crippen MR) is 155 cm³/mol. The molecule has 210 valence electrons. The summed E-state index contributed by atoms with van der Waals surface area (Å²) in [5.74, 6) is -1.80. The van der Waals surface area contributed by atoms with Crippen molar-refractivity contribution in [2.45, 2.75) is 51.4 Å². The highest BCUT2D eigenvalue weighted by molar-refractivity contribution is 6.31. The number of benzene rings is 3. The minimum atomic E-state index is -0.888. The summed E-state index contributed by atoms with van der Waals surface area (Å²) >= 11 is 6.14. The van der Waals surface area contributed by atoms with Gasteiger partial charge in [-0.2, -0.15) is 0 Å². The maximum absolute atomic E-state index is 14.3. The van der Waals surface area contributed by atoms with Crippen molar-refractivity contribution in [3.05, 3.63) is 106 Å². The van der Waals surface area contributed by atoms with Crippen LogP contribution in [0.25, 0.3) is 10.9 Å². The number of nitrogens with one attached hydrogen (secondary N) is 3. The van der Waals surface area contributed by atoms with Gasteiger partial charge >= 0.3 is 0 Å². The largest absolute Gasteiger partial charge is 0.356 e. The fourth-order valence-corrected chi connectivity index (χ4v) is 6.31. The van der Waals surface area contributed by atoms with Crippen LogP contribution in [0.15, 0.2) is 66.7 Å². The number of amides is 3. The Morgan fingerprint density at radius 1 is 1.10 bits per heavy atom. The molecule has 0 unspecified atom stereocenters. The Kier molecular flexibility index (Phi) is 7.03. The molecule has 4 atom stereocenters. The topological polar surface area (TPSA) is 94.3 Å². The summed E-state index contributed by atoms with van der Waals surface area (Å²) in [5, 5.41) is 6.92. The quantitative estimate of drug-likeness (QED) is 0.281. The van der Waals surface area contributed by atoms with Crippen molar-refractivity contribution in [1.29, 1.82) is 0 Å². The molecule has 0 bridgehead atoms. The lowest BCUT2D eigenvalue weighted by molar-refractivity contribution is -0.133. The molecule has 41 heavy (non-hydrogen) atoms. The standard InChI is InChI=1S/C32H30ClFN4O3/c1-3-17(2)27(31(40)35-16-22-23(33)12-8-13-24(22)34)37-30(39)26-15-21-18-9-6-7-14-25(18)36-28(21)29-19-10-4-5-11-20(19)32(41)38(26)29/h4-14,17,26-27,29,36H,3,15-16H2,1-2H3,(H,35,40)(H,37,39)/t17-,26-,27-,29+/m0/s1. The Balaban J connectivity index is 1.31. The maximum atomic E-state index is 14.3. The van der Waals surface area contributed by atoms with E-state index >= 15 is 0 Å². The van der Waals surface area contributed by atoms with Gasteiger partial charge in [-0.1, -0.05) is 74.3 Å². The van der Waals surface area contributed by atoms with Crippen LogP contribution in [0.3, 0.4) is 0 Å². The number of rotatable bonds is 7. The molecule has 1 aromatic heterocycles. The predicted octanol–water partition coefficient (Wildman–Crippen LogP) is 5.28. The Hall–Kier alpha value is -4.17. The van der Waals surface area contributed by atoms with Crippen LogP contribution in [0.1, 0.15) is 59.1 Å². The van der Waals surface area contributed by atoms with Crippen LogP contribution < -0.4 is 10.6 Å². The lowest BCUT2D eigenvalue weighted by Crippen LogP contribution is -2.58. The second-order valence-electron chi connectivity index (χ2n) is 10.8. The molecular weight excluding hydrogens is 543 g/mol. The first-order valence-electron chi connectivity index (χ1n) is 13.8. The Bertz CT molecular complexity index is 1660. The van der Waals surface area contributed by atoms with Crippen LogP contribution in [0.2, 0.25) is 5.02 Å². The number of carbonyl (C=O) groups excluding carboxylic acids is 3. The van der Waals surface area contributed by atoms with Gasteiger partial charge in [0, 0.05) is 45.7 Å². The molecule has 0 fully saturated rings. The van der Waals surface area contributed by atoms with Gasteiger partial charge in [-0.05, 0) is 41.3 Å². The fourth-order valence-electron chi connectivity index (χ4n) is 6.08. The van der Waals surface area contributed by atoms with Gasteiger partial charge in [0.25, 0.3) is 5.91 Å². The first-order chi connectivity index (χ1) is 19.8.